The van der Waals surface area contributed by atoms with E-state index in [-0.39, 0.29) is 22.6 Å². The number of benzene rings is 1. The monoisotopic (exact) mass is 485 g/mol. The molecule has 0 atom stereocenters. The summed E-state index contributed by atoms with van der Waals surface area (Å²) in [4.78, 5) is 27.6. The number of carboxylic acid groups (broad SMARTS) is 1. The number of aromatic carboxylic acids is 1. The maximum atomic E-state index is 11.2. The molecule has 0 spiro atoms. The Hall–Kier alpha value is -4.19. The minimum absolute atomic E-state index is 0. The molecule has 8 bridgehead atoms. The van der Waals surface area contributed by atoms with Crippen molar-refractivity contribution in [2.24, 2.45) is 0 Å². The van der Waals surface area contributed by atoms with Crippen molar-refractivity contribution in [3.05, 3.63) is 107 Å². The normalized spacial score (nSPS) is 12.2. The molecule has 5 heterocycles. The summed E-state index contributed by atoms with van der Waals surface area (Å²) in [5, 5.41) is 9.23. The number of hydrogen-bond donors (Lipinski definition) is 3. The number of carboxylic acids is 1. The SMILES string of the molecule is O=C(O)c1ccc(C2=Cc3cc4ccc(cc5nc(cc6ccc(cc2n3)[nH]6)C=C5)[nH]4)cc1.[Mn]. The van der Waals surface area contributed by atoms with Crippen molar-refractivity contribution in [1.82, 2.24) is 19.9 Å². The van der Waals surface area contributed by atoms with Crippen LogP contribution in [-0.2, 0) is 17.1 Å². The van der Waals surface area contributed by atoms with Gasteiger partial charge in [-0.2, -0.15) is 0 Å². The van der Waals surface area contributed by atoms with Gasteiger partial charge in [0.05, 0.1) is 28.3 Å². The molecule has 7 heteroatoms. The fourth-order valence-electron chi connectivity index (χ4n) is 4.04. The van der Waals surface area contributed by atoms with Crippen LogP contribution in [0.25, 0.3) is 45.9 Å². The van der Waals surface area contributed by atoms with Gasteiger partial charge in [0.25, 0.3) is 0 Å². The van der Waals surface area contributed by atoms with Crippen LogP contribution >= 0.6 is 0 Å². The Morgan fingerprint density at radius 1 is 0.676 bits per heavy atom. The van der Waals surface area contributed by atoms with Gasteiger partial charge in [-0.15, -0.1) is 0 Å². The van der Waals surface area contributed by atoms with Crippen molar-refractivity contribution in [3.63, 3.8) is 0 Å². The molecule has 6 nitrogen and oxygen atoms in total. The smallest absolute Gasteiger partial charge is 0.335 e. The minimum Gasteiger partial charge on any atom is -0.478 e. The molecule has 2 aliphatic rings. The Kier molecular flexibility index (Phi) is 5.49. The Bertz CT molecular complexity index is 1640. The number of H-pyrrole nitrogens is 2. The van der Waals surface area contributed by atoms with Crippen LogP contribution in [-0.4, -0.2) is 31.0 Å². The molecule has 0 aliphatic carbocycles. The van der Waals surface area contributed by atoms with Crippen LogP contribution < -0.4 is 0 Å². The van der Waals surface area contributed by atoms with Crippen LogP contribution in [0.4, 0.5) is 0 Å². The van der Waals surface area contributed by atoms with Crippen LogP contribution in [0.15, 0.2) is 72.8 Å². The van der Waals surface area contributed by atoms with Gasteiger partial charge in [-0.05, 0) is 84.5 Å². The van der Waals surface area contributed by atoms with Crippen molar-refractivity contribution in [3.8, 4) is 0 Å². The molecule has 165 valence electrons. The largest absolute Gasteiger partial charge is 0.478 e. The first-order valence-electron chi connectivity index (χ1n) is 10.5. The third-order valence-corrected chi connectivity index (χ3v) is 5.61. The Balaban J connectivity index is 0.00000241. The number of rotatable bonds is 2. The number of fused-ring (bicyclic) bond motifs is 8. The first-order chi connectivity index (χ1) is 16.1. The standard InChI is InChI=1S/C27H18N4O2.Mn/c32-27(33)17-3-1-16(2-4-17)25-14-24-13-22-8-7-20(29-22)11-18-5-6-19(28-18)12-21-9-10-23(30-21)15-26(25)31-24;/h1-15,29-30H,(H,32,33);. The van der Waals surface area contributed by atoms with Gasteiger partial charge in [-0.1, -0.05) is 12.1 Å². The van der Waals surface area contributed by atoms with E-state index in [2.05, 4.69) is 15.0 Å². The fourth-order valence-corrected chi connectivity index (χ4v) is 4.04. The summed E-state index contributed by atoms with van der Waals surface area (Å²) in [6.45, 7) is 0. The summed E-state index contributed by atoms with van der Waals surface area (Å²) < 4.78 is 0. The molecule has 2 aliphatic heterocycles. The summed E-state index contributed by atoms with van der Waals surface area (Å²) in [7, 11) is 0. The Morgan fingerprint density at radius 3 is 1.76 bits per heavy atom. The summed E-state index contributed by atoms with van der Waals surface area (Å²) in [6, 6.07) is 22.9. The van der Waals surface area contributed by atoms with Gasteiger partial charge in [-0.25, -0.2) is 14.8 Å². The molecule has 1 aromatic carbocycles. The second-order valence-electron chi connectivity index (χ2n) is 7.97. The quantitative estimate of drug-likeness (QED) is 0.272. The summed E-state index contributed by atoms with van der Waals surface area (Å²) in [6.07, 6.45) is 6.01. The van der Waals surface area contributed by atoms with E-state index in [9.17, 15) is 9.90 Å². The van der Waals surface area contributed by atoms with Gasteiger partial charge in [-0.3, -0.25) is 0 Å². The van der Waals surface area contributed by atoms with Gasteiger partial charge in [0.2, 0.25) is 0 Å². The van der Waals surface area contributed by atoms with E-state index in [4.69, 9.17) is 4.98 Å². The molecule has 4 aromatic rings. The molecule has 0 amide bonds. The second-order valence-corrected chi connectivity index (χ2v) is 7.97. The minimum atomic E-state index is -0.943. The van der Waals surface area contributed by atoms with E-state index in [0.29, 0.717) is 0 Å². The van der Waals surface area contributed by atoms with E-state index in [1.165, 1.54) is 0 Å². The molecule has 0 saturated carbocycles. The van der Waals surface area contributed by atoms with E-state index < -0.39 is 5.97 Å². The summed E-state index contributed by atoms with van der Waals surface area (Å²) in [5.41, 5.74) is 9.24. The van der Waals surface area contributed by atoms with E-state index in [0.717, 1.165) is 56.0 Å². The number of aromatic amines is 2. The van der Waals surface area contributed by atoms with Gasteiger partial charge in [0.15, 0.2) is 0 Å². The topological polar surface area (TPSA) is 94.7 Å². The third kappa shape index (κ3) is 4.22. The van der Waals surface area contributed by atoms with Crippen molar-refractivity contribution in [1.29, 1.82) is 0 Å². The van der Waals surface area contributed by atoms with Crippen LogP contribution in [0.5, 0.6) is 0 Å². The molecule has 3 aromatic heterocycles. The average molecular weight is 485 g/mol. The number of nitrogens with zero attached hydrogens (tertiary/aromatic N) is 2. The summed E-state index contributed by atoms with van der Waals surface area (Å²) >= 11 is 0. The van der Waals surface area contributed by atoms with Crippen LogP contribution in [0, 0.1) is 0 Å². The maximum absolute atomic E-state index is 11.2. The van der Waals surface area contributed by atoms with Crippen LogP contribution in [0.3, 0.4) is 0 Å². The molecule has 0 unspecified atom stereocenters. The number of carbonyl (C=O) groups is 1. The van der Waals surface area contributed by atoms with Crippen molar-refractivity contribution in [2.45, 2.75) is 0 Å². The number of aromatic nitrogens is 4. The molecular weight excluding hydrogens is 467 g/mol. The van der Waals surface area contributed by atoms with Crippen LogP contribution in [0.1, 0.15) is 38.7 Å². The Labute approximate surface area is 205 Å². The number of hydrogen-bond acceptors (Lipinski definition) is 3. The molecule has 1 radical (unpaired) electrons. The van der Waals surface area contributed by atoms with Crippen molar-refractivity contribution in [2.75, 3.05) is 0 Å². The van der Waals surface area contributed by atoms with Gasteiger partial charge in [0.1, 0.15) is 0 Å². The van der Waals surface area contributed by atoms with Crippen molar-refractivity contribution >= 4 is 51.8 Å². The first-order valence-corrected chi connectivity index (χ1v) is 10.5. The predicted octanol–water partition coefficient (Wildman–Crippen LogP) is 5.77. The summed E-state index contributed by atoms with van der Waals surface area (Å²) in [5.74, 6) is -0.943. The van der Waals surface area contributed by atoms with Crippen molar-refractivity contribution < 1.29 is 27.0 Å². The molecule has 34 heavy (non-hydrogen) atoms. The molecular formula is C27H18MnN4O2. The molecule has 6 rings (SSSR count). The van der Waals surface area contributed by atoms with Gasteiger partial charge < -0.3 is 15.1 Å². The molecule has 0 fully saturated rings. The predicted molar refractivity (Wildman–Crippen MR) is 130 cm³/mol. The Morgan fingerprint density at radius 2 is 1.21 bits per heavy atom. The number of nitrogens with one attached hydrogen (secondary N) is 2. The average Bonchev–Trinajstić information content (AvgIpc) is 3.59. The van der Waals surface area contributed by atoms with Crippen LogP contribution in [0.2, 0.25) is 0 Å². The third-order valence-electron chi connectivity index (χ3n) is 5.61. The maximum Gasteiger partial charge on any atom is 0.335 e. The van der Waals surface area contributed by atoms with E-state index in [1.807, 2.05) is 78.9 Å². The van der Waals surface area contributed by atoms with Gasteiger partial charge >= 0.3 is 5.97 Å². The first kappa shape index (κ1) is 21.6. The molecule has 3 N–H and O–H groups in total. The zero-order valence-corrected chi connectivity index (χ0v) is 19.0. The zero-order chi connectivity index (χ0) is 22.4. The fraction of sp³-hybridized carbons (Fsp3) is 0. The molecule has 0 saturated heterocycles. The van der Waals surface area contributed by atoms with E-state index >= 15 is 0 Å². The second kappa shape index (κ2) is 8.63. The van der Waals surface area contributed by atoms with Gasteiger partial charge in [0, 0.05) is 44.7 Å². The zero-order valence-electron chi connectivity index (χ0n) is 17.8. The van der Waals surface area contributed by atoms with E-state index in [1.54, 1.807) is 12.1 Å².